The van der Waals surface area contributed by atoms with Gasteiger partial charge in [0.2, 0.25) is 0 Å². The molecule has 0 bridgehead atoms. The summed E-state index contributed by atoms with van der Waals surface area (Å²) < 4.78 is 5.98. The van der Waals surface area contributed by atoms with Crippen LogP contribution >= 0.6 is 0 Å². The fourth-order valence-corrected chi connectivity index (χ4v) is 3.63. The second-order valence-electron chi connectivity index (χ2n) is 7.24. The van der Waals surface area contributed by atoms with Crippen molar-refractivity contribution in [2.75, 3.05) is 6.61 Å². The van der Waals surface area contributed by atoms with Crippen molar-refractivity contribution in [3.8, 4) is 28.4 Å². The molecule has 3 aromatic rings. The second-order valence-corrected chi connectivity index (χ2v) is 7.24. The molecule has 1 aromatic heterocycles. The zero-order valence-electron chi connectivity index (χ0n) is 16.8. The van der Waals surface area contributed by atoms with E-state index in [-0.39, 0.29) is 0 Å². The summed E-state index contributed by atoms with van der Waals surface area (Å²) in [6.07, 6.45) is 6.56. The molecule has 1 fully saturated rings. The van der Waals surface area contributed by atoms with Crippen LogP contribution in [0.25, 0.3) is 22.4 Å². The number of hydrogen-bond donors (Lipinski definition) is 2. The molecular formula is C24H26N2O4. The number of benzene rings is 2. The molecule has 156 valence electrons. The summed E-state index contributed by atoms with van der Waals surface area (Å²) >= 11 is 0. The first-order valence-electron chi connectivity index (χ1n) is 10.2. The van der Waals surface area contributed by atoms with Crippen LogP contribution in [0.5, 0.6) is 6.01 Å². The molecule has 6 nitrogen and oxygen atoms in total. The van der Waals surface area contributed by atoms with Crippen molar-refractivity contribution in [2.24, 2.45) is 5.92 Å². The van der Waals surface area contributed by atoms with Gasteiger partial charge < -0.3 is 14.9 Å². The largest absolute Gasteiger partial charge is 0.503 e. The van der Waals surface area contributed by atoms with E-state index in [2.05, 4.69) is 29.2 Å². The minimum Gasteiger partial charge on any atom is -0.463 e. The van der Waals surface area contributed by atoms with Crippen molar-refractivity contribution in [1.29, 1.82) is 0 Å². The van der Waals surface area contributed by atoms with Gasteiger partial charge in [-0.25, -0.2) is 9.78 Å². The maximum atomic E-state index is 8.56. The van der Waals surface area contributed by atoms with Crippen LogP contribution < -0.4 is 4.74 Å². The Morgan fingerprint density at radius 3 is 2.07 bits per heavy atom. The van der Waals surface area contributed by atoms with Crippen LogP contribution in [-0.2, 0) is 0 Å². The summed E-state index contributed by atoms with van der Waals surface area (Å²) in [7, 11) is 0. The topological polar surface area (TPSA) is 92.5 Å². The van der Waals surface area contributed by atoms with Crippen molar-refractivity contribution >= 4 is 6.16 Å². The molecule has 1 saturated carbocycles. The maximum absolute atomic E-state index is 8.56. The lowest BCUT2D eigenvalue weighted by Crippen LogP contribution is -2.16. The van der Waals surface area contributed by atoms with Crippen LogP contribution in [0.2, 0.25) is 0 Å². The SMILES string of the molecule is O=C(O)O.c1ccc(-c2cnc(OCC3CCCCC3)nc2-c2ccccc2)cc1. The highest BCUT2D eigenvalue weighted by atomic mass is 16.6. The fourth-order valence-electron chi connectivity index (χ4n) is 3.63. The zero-order chi connectivity index (χ0) is 21.2. The fraction of sp³-hybridized carbons (Fsp3) is 0.292. The molecule has 1 aliphatic rings. The predicted molar refractivity (Wildman–Crippen MR) is 116 cm³/mol. The van der Waals surface area contributed by atoms with Gasteiger partial charge in [0.05, 0.1) is 12.3 Å². The van der Waals surface area contributed by atoms with Crippen molar-refractivity contribution < 1.29 is 19.7 Å². The Bertz CT molecular complexity index is 922. The molecule has 0 radical (unpaired) electrons. The van der Waals surface area contributed by atoms with Gasteiger partial charge in [-0.2, -0.15) is 4.98 Å². The van der Waals surface area contributed by atoms with Gasteiger partial charge in [0.1, 0.15) is 0 Å². The first kappa shape index (κ1) is 21.3. The molecular weight excluding hydrogens is 380 g/mol. The zero-order valence-corrected chi connectivity index (χ0v) is 16.8. The number of carboxylic acid groups (broad SMARTS) is 2. The number of nitrogens with zero attached hydrogens (tertiary/aromatic N) is 2. The standard InChI is InChI=1S/C23H24N2O.CH2O3/c1-4-10-18(11-5-1)17-26-23-24-16-21(19-12-6-2-7-13-19)22(25-23)20-14-8-3-9-15-20;2-1(3)4/h2-3,6-9,12-16,18H,1,4-5,10-11,17H2;(H2,2,3,4). The van der Waals surface area contributed by atoms with Gasteiger partial charge >= 0.3 is 12.2 Å². The molecule has 1 aliphatic carbocycles. The summed E-state index contributed by atoms with van der Waals surface area (Å²) in [6.45, 7) is 0.721. The van der Waals surface area contributed by atoms with Crippen LogP contribution in [0.1, 0.15) is 32.1 Å². The van der Waals surface area contributed by atoms with Crippen molar-refractivity contribution in [3.63, 3.8) is 0 Å². The van der Waals surface area contributed by atoms with Gasteiger partial charge in [0, 0.05) is 17.3 Å². The number of ether oxygens (including phenoxy) is 1. The Morgan fingerprint density at radius 1 is 0.900 bits per heavy atom. The first-order valence-corrected chi connectivity index (χ1v) is 10.2. The molecule has 0 spiro atoms. The highest BCUT2D eigenvalue weighted by molar-refractivity contribution is 5.80. The third-order valence-corrected chi connectivity index (χ3v) is 5.07. The lowest BCUT2D eigenvalue weighted by molar-refractivity contribution is 0.137. The summed E-state index contributed by atoms with van der Waals surface area (Å²) in [5, 5.41) is 13.9. The summed E-state index contributed by atoms with van der Waals surface area (Å²) in [4.78, 5) is 17.8. The normalized spacial score (nSPS) is 13.7. The Hall–Kier alpha value is -3.41. The molecule has 0 amide bonds. The van der Waals surface area contributed by atoms with Crippen LogP contribution in [0.4, 0.5) is 4.79 Å². The van der Waals surface area contributed by atoms with Crippen molar-refractivity contribution in [3.05, 3.63) is 66.9 Å². The summed E-state index contributed by atoms with van der Waals surface area (Å²) in [6, 6.07) is 21.0. The Kier molecular flexibility index (Phi) is 7.78. The number of aromatic nitrogens is 2. The van der Waals surface area contributed by atoms with Gasteiger partial charge in [0.25, 0.3) is 0 Å². The van der Waals surface area contributed by atoms with Gasteiger partial charge in [-0.15, -0.1) is 0 Å². The van der Waals surface area contributed by atoms with E-state index in [1.807, 2.05) is 42.6 Å². The lowest BCUT2D eigenvalue weighted by atomic mass is 9.90. The maximum Gasteiger partial charge on any atom is 0.503 e. The number of rotatable bonds is 5. The van der Waals surface area contributed by atoms with Crippen molar-refractivity contribution in [1.82, 2.24) is 9.97 Å². The molecule has 0 aliphatic heterocycles. The van der Waals surface area contributed by atoms with E-state index < -0.39 is 6.16 Å². The van der Waals surface area contributed by atoms with E-state index in [9.17, 15) is 0 Å². The van der Waals surface area contributed by atoms with E-state index in [1.54, 1.807) is 0 Å². The summed E-state index contributed by atoms with van der Waals surface area (Å²) in [5.41, 5.74) is 4.15. The molecule has 1 heterocycles. The highest BCUT2D eigenvalue weighted by Crippen LogP contribution is 2.31. The molecule has 2 aromatic carbocycles. The Labute approximate surface area is 176 Å². The van der Waals surface area contributed by atoms with E-state index in [1.165, 1.54) is 32.1 Å². The predicted octanol–water partition coefficient (Wildman–Crippen LogP) is 5.99. The monoisotopic (exact) mass is 406 g/mol. The van der Waals surface area contributed by atoms with Gasteiger partial charge in [-0.1, -0.05) is 79.9 Å². The second kappa shape index (κ2) is 11.0. The minimum atomic E-state index is -1.83. The molecule has 30 heavy (non-hydrogen) atoms. The molecule has 0 atom stereocenters. The average molecular weight is 406 g/mol. The van der Waals surface area contributed by atoms with E-state index in [0.29, 0.717) is 11.9 Å². The quantitative estimate of drug-likeness (QED) is 0.540. The lowest BCUT2D eigenvalue weighted by Gasteiger charge is -2.21. The molecule has 2 N–H and O–H groups in total. The van der Waals surface area contributed by atoms with Gasteiger partial charge in [-0.3, -0.25) is 0 Å². The van der Waals surface area contributed by atoms with E-state index >= 15 is 0 Å². The molecule has 4 rings (SSSR count). The third-order valence-electron chi connectivity index (χ3n) is 5.07. The van der Waals surface area contributed by atoms with Crippen LogP contribution in [0.3, 0.4) is 0 Å². The van der Waals surface area contributed by atoms with E-state index in [0.717, 1.165) is 29.0 Å². The van der Waals surface area contributed by atoms with Gasteiger partial charge in [0.15, 0.2) is 0 Å². The molecule has 0 saturated heterocycles. The highest BCUT2D eigenvalue weighted by Gasteiger charge is 2.16. The van der Waals surface area contributed by atoms with Crippen LogP contribution in [-0.4, -0.2) is 32.9 Å². The van der Waals surface area contributed by atoms with Crippen LogP contribution in [0, 0.1) is 5.92 Å². The molecule has 0 unspecified atom stereocenters. The Morgan fingerprint density at radius 2 is 1.47 bits per heavy atom. The van der Waals surface area contributed by atoms with E-state index in [4.69, 9.17) is 24.7 Å². The first-order chi connectivity index (χ1) is 14.6. The summed E-state index contributed by atoms with van der Waals surface area (Å²) in [5.74, 6) is 0.640. The third kappa shape index (κ3) is 6.30. The van der Waals surface area contributed by atoms with Gasteiger partial charge in [-0.05, 0) is 24.3 Å². The van der Waals surface area contributed by atoms with Crippen LogP contribution in [0.15, 0.2) is 66.9 Å². The number of hydrogen-bond acceptors (Lipinski definition) is 4. The Balaban J connectivity index is 0.000000589. The number of carbonyl (C=O) groups is 1. The molecule has 6 heteroatoms. The smallest absolute Gasteiger partial charge is 0.463 e. The minimum absolute atomic E-state index is 0.481. The van der Waals surface area contributed by atoms with Crippen molar-refractivity contribution in [2.45, 2.75) is 32.1 Å². The average Bonchev–Trinajstić information content (AvgIpc) is 2.79.